The number of hydrogen-bond acceptors (Lipinski definition) is 3. The molecule has 3 aliphatic carbocycles. The van der Waals surface area contributed by atoms with Gasteiger partial charge in [0.2, 0.25) is 0 Å². The van der Waals surface area contributed by atoms with Crippen molar-refractivity contribution in [1.29, 1.82) is 0 Å². The molecule has 0 aromatic heterocycles. The van der Waals surface area contributed by atoms with E-state index in [1.54, 1.807) is 5.57 Å². The molecular formula is C30H47BrO3. The number of carbonyl (C=O) groups is 1. The van der Waals surface area contributed by atoms with E-state index in [2.05, 4.69) is 55.8 Å². The third kappa shape index (κ3) is 7.09. The monoisotopic (exact) mass is 534 g/mol. The molecule has 0 heterocycles. The Kier molecular flexibility index (Phi) is 10.5. The van der Waals surface area contributed by atoms with Crippen LogP contribution in [0.1, 0.15) is 98.3 Å². The van der Waals surface area contributed by atoms with Crippen molar-refractivity contribution in [3.05, 3.63) is 34.9 Å². The first-order valence-corrected chi connectivity index (χ1v) is 14.9. The minimum absolute atomic E-state index is 0.223. The molecule has 3 saturated carbocycles. The molecule has 34 heavy (non-hydrogen) atoms. The van der Waals surface area contributed by atoms with E-state index in [-0.39, 0.29) is 17.4 Å². The van der Waals surface area contributed by atoms with Gasteiger partial charge in [-0.2, -0.15) is 0 Å². The van der Waals surface area contributed by atoms with Crippen LogP contribution in [0.4, 0.5) is 0 Å². The lowest BCUT2D eigenvalue weighted by atomic mass is 9.60. The third-order valence-corrected chi connectivity index (χ3v) is 9.42. The van der Waals surface area contributed by atoms with Gasteiger partial charge in [-0.05, 0) is 97.7 Å². The lowest BCUT2D eigenvalue weighted by Crippen LogP contribution is -2.36. The van der Waals surface area contributed by atoms with Gasteiger partial charge in [0, 0.05) is 0 Å². The van der Waals surface area contributed by atoms with Crippen molar-refractivity contribution in [3.8, 4) is 0 Å². The summed E-state index contributed by atoms with van der Waals surface area (Å²) < 4.78 is 5.24. The second-order valence-corrected chi connectivity index (χ2v) is 12.3. The second kappa shape index (κ2) is 12.9. The Labute approximate surface area is 216 Å². The summed E-state index contributed by atoms with van der Waals surface area (Å²) in [5.74, 6) is 2.94. The zero-order chi connectivity index (χ0) is 24.7. The summed E-state index contributed by atoms with van der Waals surface area (Å²) in [6, 6.07) is 0. The summed E-state index contributed by atoms with van der Waals surface area (Å²) in [6.45, 7) is 10.1. The molecule has 0 radical (unpaired) electrons. The lowest BCUT2D eigenvalue weighted by Gasteiger charge is -2.44. The van der Waals surface area contributed by atoms with Gasteiger partial charge >= 0.3 is 5.97 Å². The summed E-state index contributed by atoms with van der Waals surface area (Å²) in [6.07, 6.45) is 19.4. The average Bonchev–Trinajstić information content (AvgIpc) is 3.16. The molecule has 0 saturated heterocycles. The number of alkyl halides is 1. The minimum Gasteiger partial charge on any atom is -0.461 e. The molecule has 3 aliphatic rings. The maximum atomic E-state index is 11.5. The molecule has 1 N–H and O–H groups in total. The first-order valence-electron chi connectivity index (χ1n) is 13.7. The summed E-state index contributed by atoms with van der Waals surface area (Å²) in [4.78, 5) is 11.5. The van der Waals surface area contributed by atoms with Gasteiger partial charge in [-0.1, -0.05) is 80.6 Å². The first kappa shape index (κ1) is 27.7. The quantitative estimate of drug-likeness (QED) is 0.241. The van der Waals surface area contributed by atoms with Gasteiger partial charge in [0.15, 0.2) is 0 Å². The van der Waals surface area contributed by atoms with E-state index in [0.717, 1.165) is 30.6 Å². The Morgan fingerprint density at radius 3 is 2.68 bits per heavy atom. The fourth-order valence-corrected chi connectivity index (χ4v) is 7.28. The number of fused-ring (bicyclic) bond motifs is 1. The van der Waals surface area contributed by atoms with Crippen molar-refractivity contribution < 1.29 is 14.6 Å². The molecule has 5 atom stereocenters. The van der Waals surface area contributed by atoms with Crippen molar-refractivity contribution >= 4 is 21.9 Å². The van der Waals surface area contributed by atoms with Gasteiger partial charge in [-0.3, -0.25) is 4.79 Å². The van der Waals surface area contributed by atoms with E-state index in [4.69, 9.17) is 4.74 Å². The third-order valence-electron chi connectivity index (χ3n) is 8.96. The molecule has 0 unspecified atom stereocenters. The molecule has 3 nitrogen and oxygen atoms in total. The molecule has 0 bridgehead atoms. The summed E-state index contributed by atoms with van der Waals surface area (Å²) in [5, 5.41) is 10.5. The summed E-state index contributed by atoms with van der Waals surface area (Å²) in [7, 11) is 0. The van der Waals surface area contributed by atoms with Gasteiger partial charge in [-0.15, -0.1) is 0 Å². The van der Waals surface area contributed by atoms with Crippen LogP contribution >= 0.6 is 15.9 Å². The number of aliphatic hydroxyl groups excluding tert-OH is 1. The molecule has 3 fully saturated rings. The number of carbonyl (C=O) groups excluding carboxylic acids is 1. The predicted octanol–water partition coefficient (Wildman–Crippen LogP) is 7.93. The van der Waals surface area contributed by atoms with Gasteiger partial charge in [0.1, 0.15) is 11.9 Å². The molecule has 0 spiro atoms. The van der Waals surface area contributed by atoms with Gasteiger partial charge in [0.25, 0.3) is 0 Å². The van der Waals surface area contributed by atoms with Crippen molar-refractivity contribution in [2.45, 2.75) is 104 Å². The van der Waals surface area contributed by atoms with Crippen LogP contribution < -0.4 is 0 Å². The maximum absolute atomic E-state index is 11.5. The molecule has 0 aromatic rings. The standard InChI is InChI=1S/C30H47BrO3/c1-21(2)7-5-8-22(3)27-14-15-28-24(9-6-17-30(27,28)4)10-11-25-19-26(32)13-12-23(25)16-18-34-29(33)20-31/h10-11,16,21-22,26-28,32H,5-9,12-15,17-20H2,1-4H3/b23-16+,24-10+,25-11-/t22-,26+,27-,28+,30-/m1/s1. The highest BCUT2D eigenvalue weighted by molar-refractivity contribution is 9.09. The highest BCUT2D eigenvalue weighted by Gasteiger charge is 2.50. The predicted molar refractivity (Wildman–Crippen MR) is 145 cm³/mol. The molecule has 0 aromatic carbocycles. The number of rotatable bonds is 9. The molecule has 192 valence electrons. The topological polar surface area (TPSA) is 46.5 Å². The molecule has 0 amide bonds. The summed E-state index contributed by atoms with van der Waals surface area (Å²) in [5.41, 5.74) is 4.51. The van der Waals surface area contributed by atoms with Gasteiger partial charge < -0.3 is 9.84 Å². The molecule has 3 rings (SSSR count). The largest absolute Gasteiger partial charge is 0.461 e. The van der Waals surface area contributed by atoms with Crippen LogP contribution in [-0.4, -0.2) is 29.1 Å². The number of halogens is 1. The Bertz CT molecular complexity index is 780. The zero-order valence-electron chi connectivity index (χ0n) is 22.0. The normalized spacial score (nSPS) is 34.1. The van der Waals surface area contributed by atoms with Gasteiger partial charge in [-0.25, -0.2) is 0 Å². The van der Waals surface area contributed by atoms with Crippen LogP contribution in [0.3, 0.4) is 0 Å². The van der Waals surface area contributed by atoms with E-state index in [1.165, 1.54) is 62.5 Å². The Morgan fingerprint density at radius 1 is 1.15 bits per heavy atom. The van der Waals surface area contributed by atoms with Crippen molar-refractivity contribution in [2.75, 3.05) is 11.9 Å². The Morgan fingerprint density at radius 2 is 1.94 bits per heavy atom. The number of hydrogen-bond donors (Lipinski definition) is 1. The SMILES string of the molecule is CC(C)CCC[C@@H](C)[C@H]1CC[C@H]2/C(=C/C=C3/C[C@@H](O)CC/C3=C\COC(=O)CBr)CCC[C@]12C. The Balaban J connectivity index is 1.72. The molecule has 4 heteroatoms. The number of aliphatic hydroxyl groups is 1. The fourth-order valence-electron chi connectivity index (χ4n) is 7.12. The zero-order valence-corrected chi connectivity index (χ0v) is 23.5. The number of allylic oxidation sites excluding steroid dienone is 4. The van der Waals surface area contributed by atoms with E-state index in [0.29, 0.717) is 24.4 Å². The van der Waals surface area contributed by atoms with Crippen LogP contribution in [-0.2, 0) is 9.53 Å². The van der Waals surface area contributed by atoms with Crippen LogP contribution in [0, 0.1) is 29.1 Å². The van der Waals surface area contributed by atoms with Crippen LogP contribution in [0.15, 0.2) is 34.9 Å². The fraction of sp³-hybridized carbons (Fsp3) is 0.767. The smallest absolute Gasteiger partial charge is 0.316 e. The first-order chi connectivity index (χ1) is 16.2. The second-order valence-electron chi connectivity index (χ2n) is 11.8. The van der Waals surface area contributed by atoms with Gasteiger partial charge in [0.05, 0.1) is 6.10 Å². The molecular weight excluding hydrogens is 488 g/mol. The number of ether oxygens (including phenoxy) is 1. The molecule has 0 aliphatic heterocycles. The van der Waals surface area contributed by atoms with E-state index < -0.39 is 0 Å². The van der Waals surface area contributed by atoms with Crippen LogP contribution in [0.25, 0.3) is 0 Å². The average molecular weight is 536 g/mol. The van der Waals surface area contributed by atoms with Crippen LogP contribution in [0.2, 0.25) is 0 Å². The van der Waals surface area contributed by atoms with E-state index >= 15 is 0 Å². The Hall–Kier alpha value is -0.870. The summed E-state index contributed by atoms with van der Waals surface area (Å²) >= 11 is 3.14. The van der Waals surface area contributed by atoms with E-state index in [1.807, 2.05) is 6.08 Å². The van der Waals surface area contributed by atoms with Crippen LogP contribution in [0.5, 0.6) is 0 Å². The van der Waals surface area contributed by atoms with Crippen molar-refractivity contribution in [1.82, 2.24) is 0 Å². The van der Waals surface area contributed by atoms with Crippen molar-refractivity contribution in [3.63, 3.8) is 0 Å². The lowest BCUT2D eigenvalue weighted by molar-refractivity contribution is -0.139. The maximum Gasteiger partial charge on any atom is 0.316 e. The highest BCUT2D eigenvalue weighted by Crippen LogP contribution is 2.60. The minimum atomic E-state index is -0.272. The van der Waals surface area contributed by atoms with E-state index in [9.17, 15) is 9.90 Å². The van der Waals surface area contributed by atoms with Crippen molar-refractivity contribution in [2.24, 2.45) is 29.1 Å². The number of esters is 1. The highest BCUT2D eigenvalue weighted by atomic mass is 79.9.